The average Bonchev–Trinajstić information content (AvgIpc) is 2.81. The number of rotatable bonds is 4. The van der Waals surface area contributed by atoms with Gasteiger partial charge in [0.05, 0.1) is 11.1 Å². The van der Waals surface area contributed by atoms with E-state index in [-0.39, 0.29) is 0 Å². The fourth-order valence-electron chi connectivity index (χ4n) is 3.12. The van der Waals surface area contributed by atoms with Crippen molar-refractivity contribution in [3.63, 3.8) is 0 Å². The normalized spacial score (nSPS) is 22.4. The van der Waals surface area contributed by atoms with Gasteiger partial charge >= 0.3 is 6.09 Å². The first-order valence-corrected chi connectivity index (χ1v) is 8.51. The highest BCUT2D eigenvalue weighted by molar-refractivity contribution is 5.69. The van der Waals surface area contributed by atoms with Gasteiger partial charge in [0.1, 0.15) is 5.60 Å². The van der Waals surface area contributed by atoms with Crippen molar-refractivity contribution in [3.05, 3.63) is 35.9 Å². The Balaban J connectivity index is 2.09. The summed E-state index contributed by atoms with van der Waals surface area (Å²) in [5.74, 6) is 0. The molecule has 1 saturated heterocycles. The largest absolute Gasteiger partial charge is 0.444 e. The van der Waals surface area contributed by atoms with Gasteiger partial charge in [-0.1, -0.05) is 30.3 Å². The first-order chi connectivity index (χ1) is 11.0. The Hall–Kier alpha value is -1.59. The Morgan fingerprint density at radius 1 is 1.25 bits per heavy atom. The van der Waals surface area contributed by atoms with Crippen LogP contribution in [0.4, 0.5) is 4.79 Å². The van der Waals surface area contributed by atoms with Crippen molar-refractivity contribution < 1.29 is 14.6 Å². The number of carbonyl (C=O) groups excluding carboxylic acids is 1. The SMILES string of the molecule is CC(C)(C)OC(=O)NC1(C(C)(C)O)CCN(Cc2ccccc2)C1. The van der Waals surface area contributed by atoms with Crippen LogP contribution in [0, 0.1) is 0 Å². The van der Waals surface area contributed by atoms with Crippen LogP contribution >= 0.6 is 0 Å². The average molecular weight is 334 g/mol. The van der Waals surface area contributed by atoms with Gasteiger partial charge in [0.2, 0.25) is 0 Å². The Kier molecular flexibility index (Phi) is 5.25. The highest BCUT2D eigenvalue weighted by Crippen LogP contribution is 2.33. The van der Waals surface area contributed by atoms with Crippen molar-refractivity contribution in [1.29, 1.82) is 0 Å². The van der Waals surface area contributed by atoms with Gasteiger partial charge in [-0.2, -0.15) is 0 Å². The lowest BCUT2D eigenvalue weighted by Gasteiger charge is -2.41. The summed E-state index contributed by atoms with van der Waals surface area (Å²) in [4.78, 5) is 14.5. The molecule has 2 rings (SSSR count). The molecule has 0 aromatic heterocycles. The Morgan fingerprint density at radius 2 is 1.88 bits per heavy atom. The molecule has 134 valence electrons. The number of hydrogen-bond acceptors (Lipinski definition) is 4. The van der Waals surface area contributed by atoms with Gasteiger partial charge in [-0.3, -0.25) is 4.90 Å². The summed E-state index contributed by atoms with van der Waals surface area (Å²) in [6, 6.07) is 10.2. The summed E-state index contributed by atoms with van der Waals surface area (Å²) < 4.78 is 5.39. The molecule has 1 unspecified atom stereocenters. The molecule has 1 aliphatic heterocycles. The third-order valence-electron chi connectivity index (χ3n) is 4.51. The third kappa shape index (κ3) is 4.71. The van der Waals surface area contributed by atoms with Gasteiger partial charge < -0.3 is 15.2 Å². The van der Waals surface area contributed by atoms with E-state index < -0.39 is 22.8 Å². The molecule has 2 N–H and O–H groups in total. The van der Waals surface area contributed by atoms with Crippen LogP contribution in [-0.4, -0.2) is 45.9 Å². The van der Waals surface area contributed by atoms with Crippen LogP contribution in [-0.2, 0) is 11.3 Å². The molecular formula is C19H30N2O3. The van der Waals surface area contributed by atoms with Crippen molar-refractivity contribution in [1.82, 2.24) is 10.2 Å². The Bertz CT molecular complexity index is 560. The van der Waals surface area contributed by atoms with Gasteiger partial charge in [0.25, 0.3) is 0 Å². The molecule has 5 nitrogen and oxygen atoms in total. The summed E-state index contributed by atoms with van der Waals surface area (Å²) in [7, 11) is 0. The smallest absolute Gasteiger partial charge is 0.408 e. The van der Waals surface area contributed by atoms with Crippen LogP contribution in [0.1, 0.15) is 46.6 Å². The molecule has 0 bridgehead atoms. The molecular weight excluding hydrogens is 304 g/mol. The van der Waals surface area contributed by atoms with E-state index in [1.54, 1.807) is 13.8 Å². The second-order valence-electron chi connectivity index (χ2n) is 8.21. The number of benzene rings is 1. The number of nitrogens with one attached hydrogen (secondary N) is 1. The van der Waals surface area contributed by atoms with Gasteiger partial charge in [-0.05, 0) is 46.6 Å². The van der Waals surface area contributed by atoms with E-state index in [0.29, 0.717) is 13.0 Å². The molecule has 0 radical (unpaired) electrons. The Labute approximate surface area is 145 Å². The first-order valence-electron chi connectivity index (χ1n) is 8.51. The zero-order valence-electron chi connectivity index (χ0n) is 15.4. The lowest BCUT2D eigenvalue weighted by Crippen LogP contribution is -2.63. The van der Waals surface area contributed by atoms with E-state index >= 15 is 0 Å². The van der Waals surface area contributed by atoms with Crippen LogP contribution in [0.25, 0.3) is 0 Å². The van der Waals surface area contributed by atoms with E-state index in [1.807, 2.05) is 39.0 Å². The van der Waals surface area contributed by atoms with E-state index in [2.05, 4.69) is 22.3 Å². The fourth-order valence-corrected chi connectivity index (χ4v) is 3.12. The monoisotopic (exact) mass is 334 g/mol. The number of likely N-dealkylation sites (tertiary alicyclic amines) is 1. The molecule has 1 aromatic rings. The highest BCUT2D eigenvalue weighted by Gasteiger charge is 2.50. The first kappa shape index (κ1) is 18.7. The van der Waals surface area contributed by atoms with Gasteiger partial charge in [-0.25, -0.2) is 4.79 Å². The summed E-state index contributed by atoms with van der Waals surface area (Å²) >= 11 is 0. The van der Waals surface area contributed by atoms with E-state index in [4.69, 9.17) is 4.74 Å². The van der Waals surface area contributed by atoms with Crippen LogP contribution in [0.15, 0.2) is 30.3 Å². The van der Waals surface area contributed by atoms with Gasteiger partial charge in [0.15, 0.2) is 0 Å². The number of aliphatic hydroxyl groups is 1. The summed E-state index contributed by atoms with van der Waals surface area (Å²) in [6.45, 7) is 11.2. The number of ether oxygens (including phenoxy) is 1. The standard InChI is InChI=1S/C19H30N2O3/c1-17(2,3)24-16(22)20-19(18(4,5)23)11-12-21(14-19)13-15-9-7-6-8-10-15/h6-10,23H,11-14H2,1-5H3,(H,20,22). The minimum Gasteiger partial charge on any atom is -0.444 e. The number of nitrogens with zero attached hydrogens (tertiary/aromatic N) is 1. The summed E-state index contributed by atoms with van der Waals surface area (Å²) in [5.41, 5.74) is -1.10. The summed E-state index contributed by atoms with van der Waals surface area (Å²) in [6.07, 6.45) is 0.203. The molecule has 1 aromatic carbocycles. The lowest BCUT2D eigenvalue weighted by molar-refractivity contribution is -0.0262. The Morgan fingerprint density at radius 3 is 2.42 bits per heavy atom. The number of amides is 1. The fraction of sp³-hybridized carbons (Fsp3) is 0.632. The van der Waals surface area contributed by atoms with Crippen molar-refractivity contribution in [2.75, 3.05) is 13.1 Å². The zero-order chi connectivity index (χ0) is 18.0. The zero-order valence-corrected chi connectivity index (χ0v) is 15.4. The van der Waals surface area contributed by atoms with Crippen molar-refractivity contribution >= 4 is 6.09 Å². The molecule has 0 spiro atoms. The highest BCUT2D eigenvalue weighted by atomic mass is 16.6. The maximum Gasteiger partial charge on any atom is 0.408 e. The second kappa shape index (κ2) is 6.73. The van der Waals surface area contributed by atoms with Crippen LogP contribution in [0.3, 0.4) is 0 Å². The molecule has 1 fully saturated rings. The molecule has 5 heteroatoms. The van der Waals surface area contributed by atoms with Crippen LogP contribution in [0.5, 0.6) is 0 Å². The molecule has 1 atom stereocenters. The summed E-state index contributed by atoms with van der Waals surface area (Å²) in [5, 5.41) is 13.7. The quantitative estimate of drug-likeness (QED) is 0.889. The minimum atomic E-state index is -1.05. The molecule has 0 aliphatic carbocycles. The maximum atomic E-state index is 12.3. The molecule has 0 saturated carbocycles. The number of carbonyl (C=O) groups is 1. The number of alkyl carbamates (subject to hydrolysis) is 1. The van der Waals surface area contributed by atoms with E-state index in [0.717, 1.165) is 13.1 Å². The predicted molar refractivity (Wildman–Crippen MR) is 94.7 cm³/mol. The molecule has 1 aliphatic rings. The van der Waals surface area contributed by atoms with Crippen molar-refractivity contribution in [2.45, 2.75) is 64.3 Å². The predicted octanol–water partition coefficient (Wildman–Crippen LogP) is 2.93. The van der Waals surface area contributed by atoms with Gasteiger partial charge in [-0.15, -0.1) is 0 Å². The van der Waals surface area contributed by atoms with Crippen LogP contribution in [0.2, 0.25) is 0 Å². The second-order valence-corrected chi connectivity index (χ2v) is 8.21. The minimum absolute atomic E-state index is 0.480. The third-order valence-corrected chi connectivity index (χ3v) is 4.51. The number of hydrogen-bond donors (Lipinski definition) is 2. The lowest BCUT2D eigenvalue weighted by atomic mass is 9.81. The molecule has 24 heavy (non-hydrogen) atoms. The molecule has 1 heterocycles. The van der Waals surface area contributed by atoms with Crippen molar-refractivity contribution in [3.8, 4) is 0 Å². The van der Waals surface area contributed by atoms with E-state index in [1.165, 1.54) is 5.56 Å². The topological polar surface area (TPSA) is 61.8 Å². The van der Waals surface area contributed by atoms with E-state index in [9.17, 15) is 9.90 Å². The van der Waals surface area contributed by atoms with Crippen LogP contribution < -0.4 is 5.32 Å². The molecule has 1 amide bonds. The maximum absolute atomic E-state index is 12.3. The van der Waals surface area contributed by atoms with Crippen molar-refractivity contribution in [2.24, 2.45) is 0 Å². The van der Waals surface area contributed by atoms with Gasteiger partial charge in [0, 0.05) is 19.6 Å².